The first-order valence-corrected chi connectivity index (χ1v) is 6.82. The highest BCUT2D eigenvalue weighted by molar-refractivity contribution is 6.02. The molecule has 0 aliphatic heterocycles. The number of hydrogen-bond donors (Lipinski definition) is 2. The van der Waals surface area contributed by atoms with E-state index in [0.717, 1.165) is 23.5 Å². The highest BCUT2D eigenvalue weighted by Gasteiger charge is 2.07. The summed E-state index contributed by atoms with van der Waals surface area (Å²) in [6, 6.07) is 11.1. The van der Waals surface area contributed by atoms with E-state index in [9.17, 15) is 4.79 Å². The summed E-state index contributed by atoms with van der Waals surface area (Å²) >= 11 is 0. The Hall–Kier alpha value is -2.40. The zero-order valence-electron chi connectivity index (χ0n) is 12.2. The fraction of sp³-hybridized carbons (Fsp3) is 0.250. The maximum Gasteiger partial charge on any atom is 0.274 e. The van der Waals surface area contributed by atoms with Gasteiger partial charge < -0.3 is 15.4 Å². The molecule has 1 heterocycles. The minimum atomic E-state index is -0.229. The van der Waals surface area contributed by atoms with Crippen molar-refractivity contribution in [3.8, 4) is 0 Å². The van der Waals surface area contributed by atoms with Crippen LogP contribution in [0.1, 0.15) is 23.0 Å². The number of methoxy groups -OCH3 is 1. The van der Waals surface area contributed by atoms with Crippen LogP contribution in [-0.2, 0) is 11.3 Å². The van der Waals surface area contributed by atoms with Gasteiger partial charge in [-0.2, -0.15) is 0 Å². The smallest absolute Gasteiger partial charge is 0.274 e. The van der Waals surface area contributed by atoms with Crippen LogP contribution >= 0.6 is 0 Å². The normalized spacial score (nSPS) is 10.2. The third-order valence-electron chi connectivity index (χ3n) is 2.87. The van der Waals surface area contributed by atoms with Gasteiger partial charge in [0.1, 0.15) is 5.69 Å². The second-order valence-corrected chi connectivity index (χ2v) is 4.55. The van der Waals surface area contributed by atoms with E-state index in [0.29, 0.717) is 12.3 Å². The maximum absolute atomic E-state index is 12.1. The fourth-order valence-electron chi connectivity index (χ4n) is 1.94. The number of nitrogens with zero attached hydrogens (tertiary/aromatic N) is 1. The maximum atomic E-state index is 12.1. The van der Waals surface area contributed by atoms with Gasteiger partial charge in [-0.3, -0.25) is 4.79 Å². The number of benzene rings is 1. The molecule has 0 aliphatic carbocycles. The van der Waals surface area contributed by atoms with Gasteiger partial charge in [0, 0.05) is 19.3 Å². The van der Waals surface area contributed by atoms with Crippen LogP contribution in [0.4, 0.5) is 11.4 Å². The SMILES string of the molecule is CCNc1ccc(C(=O)Nc2cccc(COC)c2)nc1. The van der Waals surface area contributed by atoms with Crippen molar-refractivity contribution in [3.63, 3.8) is 0 Å². The standard InChI is InChI=1S/C16H19N3O2/c1-3-17-14-7-8-15(18-10-14)16(20)19-13-6-4-5-12(9-13)11-21-2/h4-10,17H,3,11H2,1-2H3,(H,19,20). The first-order valence-electron chi connectivity index (χ1n) is 6.82. The van der Waals surface area contributed by atoms with Crippen LogP contribution < -0.4 is 10.6 Å². The van der Waals surface area contributed by atoms with Crippen LogP contribution in [0.5, 0.6) is 0 Å². The van der Waals surface area contributed by atoms with Crippen LogP contribution in [0.2, 0.25) is 0 Å². The quantitative estimate of drug-likeness (QED) is 0.856. The zero-order chi connectivity index (χ0) is 15.1. The Balaban J connectivity index is 2.05. The Labute approximate surface area is 124 Å². The lowest BCUT2D eigenvalue weighted by molar-refractivity contribution is 0.102. The molecule has 1 aromatic carbocycles. The van der Waals surface area contributed by atoms with Crippen molar-refractivity contribution in [1.29, 1.82) is 0 Å². The van der Waals surface area contributed by atoms with Crippen molar-refractivity contribution in [3.05, 3.63) is 53.9 Å². The largest absolute Gasteiger partial charge is 0.384 e. The van der Waals surface area contributed by atoms with E-state index >= 15 is 0 Å². The molecule has 21 heavy (non-hydrogen) atoms. The van der Waals surface area contributed by atoms with Crippen molar-refractivity contribution in [2.24, 2.45) is 0 Å². The lowest BCUT2D eigenvalue weighted by Gasteiger charge is -2.07. The van der Waals surface area contributed by atoms with Gasteiger partial charge >= 0.3 is 0 Å². The molecule has 2 N–H and O–H groups in total. The molecule has 110 valence electrons. The summed E-state index contributed by atoms with van der Waals surface area (Å²) in [5.74, 6) is -0.229. The molecule has 0 bridgehead atoms. The fourth-order valence-corrected chi connectivity index (χ4v) is 1.94. The molecule has 0 fully saturated rings. The van der Waals surface area contributed by atoms with E-state index < -0.39 is 0 Å². The van der Waals surface area contributed by atoms with E-state index in [1.54, 1.807) is 19.4 Å². The van der Waals surface area contributed by atoms with Gasteiger partial charge in [0.25, 0.3) is 5.91 Å². The number of anilines is 2. The molecule has 2 rings (SSSR count). The second-order valence-electron chi connectivity index (χ2n) is 4.55. The Morgan fingerprint density at radius 3 is 2.76 bits per heavy atom. The Kier molecular flexibility index (Phi) is 5.29. The summed E-state index contributed by atoms with van der Waals surface area (Å²) in [6.07, 6.45) is 1.65. The summed E-state index contributed by atoms with van der Waals surface area (Å²) in [6.45, 7) is 3.34. The number of pyridine rings is 1. The molecule has 2 aromatic rings. The number of hydrogen-bond acceptors (Lipinski definition) is 4. The van der Waals surface area contributed by atoms with Crippen LogP contribution in [0.3, 0.4) is 0 Å². The van der Waals surface area contributed by atoms with Gasteiger partial charge in [0.15, 0.2) is 0 Å². The van der Waals surface area contributed by atoms with Crippen molar-refractivity contribution in [2.75, 3.05) is 24.3 Å². The first-order chi connectivity index (χ1) is 10.2. The molecule has 0 saturated heterocycles. The molecular formula is C16H19N3O2. The summed E-state index contributed by atoms with van der Waals surface area (Å²) in [7, 11) is 1.64. The number of rotatable bonds is 6. The molecule has 5 nitrogen and oxygen atoms in total. The number of ether oxygens (including phenoxy) is 1. The van der Waals surface area contributed by atoms with Gasteiger partial charge in [-0.1, -0.05) is 12.1 Å². The third kappa shape index (κ3) is 4.29. The molecule has 0 aliphatic rings. The Morgan fingerprint density at radius 1 is 1.24 bits per heavy atom. The number of carbonyl (C=O) groups is 1. The topological polar surface area (TPSA) is 63.2 Å². The zero-order valence-corrected chi connectivity index (χ0v) is 12.2. The monoisotopic (exact) mass is 285 g/mol. The van der Waals surface area contributed by atoms with Gasteiger partial charge in [-0.05, 0) is 36.8 Å². The molecule has 0 radical (unpaired) electrons. The van der Waals surface area contributed by atoms with Crippen LogP contribution in [0.15, 0.2) is 42.6 Å². The van der Waals surface area contributed by atoms with E-state index in [4.69, 9.17) is 4.74 Å². The van der Waals surface area contributed by atoms with E-state index in [1.165, 1.54) is 0 Å². The van der Waals surface area contributed by atoms with Crippen molar-refractivity contribution in [2.45, 2.75) is 13.5 Å². The summed E-state index contributed by atoms with van der Waals surface area (Å²) in [5.41, 5.74) is 3.02. The Bertz CT molecular complexity index is 597. The average Bonchev–Trinajstić information content (AvgIpc) is 2.49. The van der Waals surface area contributed by atoms with Gasteiger partial charge in [0.05, 0.1) is 18.5 Å². The molecule has 0 saturated carbocycles. The summed E-state index contributed by atoms with van der Waals surface area (Å²) in [5, 5.41) is 5.97. The van der Waals surface area contributed by atoms with E-state index in [1.807, 2.05) is 37.3 Å². The van der Waals surface area contributed by atoms with Crippen molar-refractivity contribution in [1.82, 2.24) is 4.98 Å². The lowest BCUT2D eigenvalue weighted by atomic mass is 10.2. The van der Waals surface area contributed by atoms with Gasteiger partial charge in [-0.25, -0.2) is 4.98 Å². The number of nitrogens with one attached hydrogen (secondary N) is 2. The Morgan fingerprint density at radius 2 is 2.10 bits per heavy atom. The van der Waals surface area contributed by atoms with Crippen molar-refractivity contribution < 1.29 is 9.53 Å². The van der Waals surface area contributed by atoms with Crippen LogP contribution in [0.25, 0.3) is 0 Å². The molecule has 0 atom stereocenters. The van der Waals surface area contributed by atoms with E-state index in [-0.39, 0.29) is 5.91 Å². The lowest BCUT2D eigenvalue weighted by Crippen LogP contribution is -2.14. The van der Waals surface area contributed by atoms with Gasteiger partial charge in [-0.15, -0.1) is 0 Å². The number of carbonyl (C=O) groups excluding carboxylic acids is 1. The highest BCUT2D eigenvalue weighted by atomic mass is 16.5. The summed E-state index contributed by atoms with van der Waals surface area (Å²) in [4.78, 5) is 16.3. The summed E-state index contributed by atoms with van der Waals surface area (Å²) < 4.78 is 5.08. The number of aromatic nitrogens is 1. The third-order valence-corrected chi connectivity index (χ3v) is 2.87. The predicted molar refractivity (Wildman–Crippen MR) is 83.5 cm³/mol. The van der Waals surface area contributed by atoms with E-state index in [2.05, 4.69) is 15.6 Å². The first kappa shape index (κ1) is 15.0. The molecule has 1 aromatic heterocycles. The highest BCUT2D eigenvalue weighted by Crippen LogP contribution is 2.13. The minimum absolute atomic E-state index is 0.229. The molecule has 0 spiro atoms. The van der Waals surface area contributed by atoms with Crippen molar-refractivity contribution >= 4 is 17.3 Å². The molecular weight excluding hydrogens is 266 g/mol. The van der Waals surface area contributed by atoms with Crippen LogP contribution in [-0.4, -0.2) is 24.5 Å². The average molecular weight is 285 g/mol. The second kappa shape index (κ2) is 7.40. The minimum Gasteiger partial charge on any atom is -0.384 e. The molecule has 1 amide bonds. The molecule has 5 heteroatoms. The van der Waals surface area contributed by atoms with Crippen LogP contribution in [0, 0.1) is 0 Å². The van der Waals surface area contributed by atoms with Gasteiger partial charge in [0.2, 0.25) is 0 Å². The molecule has 0 unspecified atom stereocenters. The predicted octanol–water partition coefficient (Wildman–Crippen LogP) is 2.91. The number of amides is 1.